The molecule has 0 aliphatic carbocycles. The second kappa shape index (κ2) is 6.82. The van der Waals surface area contributed by atoms with Crippen molar-refractivity contribution in [2.45, 2.75) is 52.7 Å². The molecule has 1 amide bonds. The Bertz CT molecular complexity index is 165. The van der Waals surface area contributed by atoms with Crippen LogP contribution in [0.5, 0.6) is 0 Å². The van der Waals surface area contributed by atoms with Crippen LogP contribution in [0.2, 0.25) is 0 Å². The number of rotatable bonds is 6. The molecular weight excluding hydrogens is 178 g/mol. The SMILES string of the molecule is CCC(CC)N(C)C(=O)COC(C)C. The Morgan fingerprint density at radius 2 is 1.79 bits per heavy atom. The van der Waals surface area contributed by atoms with Crippen molar-refractivity contribution < 1.29 is 9.53 Å². The van der Waals surface area contributed by atoms with E-state index in [0.29, 0.717) is 6.04 Å². The first-order valence-electron chi connectivity index (χ1n) is 5.40. The first-order valence-corrected chi connectivity index (χ1v) is 5.40. The van der Waals surface area contributed by atoms with Gasteiger partial charge in [-0.05, 0) is 26.7 Å². The average Bonchev–Trinajstić information content (AvgIpc) is 2.15. The van der Waals surface area contributed by atoms with E-state index < -0.39 is 0 Å². The Kier molecular flexibility index (Phi) is 6.54. The highest BCUT2D eigenvalue weighted by Crippen LogP contribution is 2.06. The summed E-state index contributed by atoms with van der Waals surface area (Å²) in [7, 11) is 1.85. The highest BCUT2D eigenvalue weighted by atomic mass is 16.5. The first-order chi connectivity index (χ1) is 6.52. The molecule has 0 N–H and O–H groups in total. The monoisotopic (exact) mass is 201 g/mol. The van der Waals surface area contributed by atoms with E-state index in [9.17, 15) is 4.79 Å². The van der Waals surface area contributed by atoms with E-state index in [0.717, 1.165) is 12.8 Å². The third kappa shape index (κ3) is 4.61. The van der Waals surface area contributed by atoms with Gasteiger partial charge in [0.1, 0.15) is 6.61 Å². The molecule has 0 saturated carbocycles. The van der Waals surface area contributed by atoms with E-state index in [1.165, 1.54) is 0 Å². The lowest BCUT2D eigenvalue weighted by atomic mass is 10.1. The number of amides is 1. The Hall–Kier alpha value is -0.570. The van der Waals surface area contributed by atoms with Crippen LogP contribution in [-0.4, -0.2) is 36.6 Å². The van der Waals surface area contributed by atoms with Gasteiger partial charge in [-0.15, -0.1) is 0 Å². The van der Waals surface area contributed by atoms with Crippen molar-refractivity contribution in [3.63, 3.8) is 0 Å². The van der Waals surface area contributed by atoms with Gasteiger partial charge >= 0.3 is 0 Å². The number of carbonyl (C=O) groups excluding carboxylic acids is 1. The fraction of sp³-hybridized carbons (Fsp3) is 0.909. The summed E-state index contributed by atoms with van der Waals surface area (Å²) in [5, 5.41) is 0. The lowest BCUT2D eigenvalue weighted by Gasteiger charge is -2.26. The van der Waals surface area contributed by atoms with Crippen molar-refractivity contribution in [2.75, 3.05) is 13.7 Å². The molecule has 0 aliphatic heterocycles. The van der Waals surface area contributed by atoms with Crippen LogP contribution in [0.25, 0.3) is 0 Å². The molecule has 14 heavy (non-hydrogen) atoms. The number of hydrogen-bond acceptors (Lipinski definition) is 2. The highest BCUT2D eigenvalue weighted by Gasteiger charge is 2.16. The molecule has 0 rings (SSSR count). The second-order valence-corrected chi connectivity index (χ2v) is 3.83. The van der Waals surface area contributed by atoms with Crippen LogP contribution in [0.15, 0.2) is 0 Å². The Labute approximate surface area is 87.4 Å². The second-order valence-electron chi connectivity index (χ2n) is 3.83. The average molecular weight is 201 g/mol. The minimum atomic E-state index is 0.0763. The summed E-state index contributed by atoms with van der Waals surface area (Å²) in [6.45, 7) is 8.27. The van der Waals surface area contributed by atoms with Crippen LogP contribution in [-0.2, 0) is 9.53 Å². The van der Waals surface area contributed by atoms with E-state index in [2.05, 4.69) is 13.8 Å². The molecule has 0 saturated heterocycles. The molecule has 0 aromatic carbocycles. The molecule has 3 nitrogen and oxygen atoms in total. The molecule has 0 aromatic heterocycles. The molecule has 84 valence electrons. The molecule has 0 heterocycles. The van der Waals surface area contributed by atoms with E-state index in [1.54, 1.807) is 4.90 Å². The molecule has 3 heteroatoms. The van der Waals surface area contributed by atoms with Crippen LogP contribution in [0, 0.1) is 0 Å². The van der Waals surface area contributed by atoms with Gasteiger partial charge in [-0.1, -0.05) is 13.8 Å². The lowest BCUT2D eigenvalue weighted by molar-refractivity contribution is -0.138. The zero-order valence-corrected chi connectivity index (χ0v) is 10.0. The Morgan fingerprint density at radius 1 is 1.29 bits per heavy atom. The fourth-order valence-corrected chi connectivity index (χ4v) is 1.38. The Balaban J connectivity index is 3.97. The van der Waals surface area contributed by atoms with Crippen molar-refractivity contribution in [3.8, 4) is 0 Å². The molecule has 0 bridgehead atoms. The van der Waals surface area contributed by atoms with Gasteiger partial charge in [0.05, 0.1) is 6.10 Å². The van der Waals surface area contributed by atoms with Crippen molar-refractivity contribution >= 4 is 5.91 Å². The van der Waals surface area contributed by atoms with Crippen LogP contribution < -0.4 is 0 Å². The van der Waals surface area contributed by atoms with Crippen LogP contribution in [0.4, 0.5) is 0 Å². The summed E-state index contributed by atoms with van der Waals surface area (Å²) < 4.78 is 5.27. The number of nitrogens with zero attached hydrogens (tertiary/aromatic N) is 1. The van der Waals surface area contributed by atoms with Gasteiger partial charge in [-0.2, -0.15) is 0 Å². The molecule has 0 unspecified atom stereocenters. The minimum absolute atomic E-state index is 0.0763. The summed E-state index contributed by atoms with van der Waals surface area (Å²) in [4.78, 5) is 13.4. The Morgan fingerprint density at radius 3 is 2.14 bits per heavy atom. The maximum absolute atomic E-state index is 11.6. The fourth-order valence-electron chi connectivity index (χ4n) is 1.38. The maximum Gasteiger partial charge on any atom is 0.248 e. The number of likely N-dealkylation sites (N-methyl/N-ethyl adjacent to an activating group) is 1. The first kappa shape index (κ1) is 13.4. The summed E-state index contributed by atoms with van der Waals surface area (Å²) in [5.74, 6) is 0.0763. The van der Waals surface area contributed by atoms with Crippen LogP contribution in [0.1, 0.15) is 40.5 Å². The molecule has 0 radical (unpaired) electrons. The van der Waals surface area contributed by atoms with Gasteiger partial charge in [-0.25, -0.2) is 0 Å². The third-order valence-corrected chi connectivity index (χ3v) is 2.42. The molecule has 0 atom stereocenters. The van der Waals surface area contributed by atoms with E-state index in [1.807, 2.05) is 20.9 Å². The standard InChI is InChI=1S/C11H23NO2/c1-6-10(7-2)12(5)11(13)8-14-9(3)4/h9-10H,6-8H2,1-5H3. The van der Waals surface area contributed by atoms with Gasteiger partial charge in [-0.3, -0.25) is 4.79 Å². The molecule has 0 fully saturated rings. The summed E-state index contributed by atoms with van der Waals surface area (Å²) in [6.07, 6.45) is 2.12. The zero-order chi connectivity index (χ0) is 11.1. The lowest BCUT2D eigenvalue weighted by Crippen LogP contribution is -2.38. The third-order valence-electron chi connectivity index (χ3n) is 2.42. The van der Waals surface area contributed by atoms with Crippen LogP contribution >= 0.6 is 0 Å². The van der Waals surface area contributed by atoms with Crippen molar-refractivity contribution in [1.82, 2.24) is 4.90 Å². The number of ether oxygens (including phenoxy) is 1. The smallest absolute Gasteiger partial charge is 0.248 e. The number of hydrogen-bond donors (Lipinski definition) is 0. The van der Waals surface area contributed by atoms with Gasteiger partial charge < -0.3 is 9.64 Å². The zero-order valence-electron chi connectivity index (χ0n) is 10.0. The molecule has 0 spiro atoms. The molecule has 0 aromatic rings. The topological polar surface area (TPSA) is 29.5 Å². The predicted molar refractivity (Wildman–Crippen MR) is 58.2 cm³/mol. The quantitative estimate of drug-likeness (QED) is 0.658. The van der Waals surface area contributed by atoms with Crippen LogP contribution in [0.3, 0.4) is 0 Å². The molecule has 0 aliphatic rings. The molecular formula is C11H23NO2. The van der Waals surface area contributed by atoms with Gasteiger partial charge in [0, 0.05) is 13.1 Å². The van der Waals surface area contributed by atoms with Gasteiger partial charge in [0.15, 0.2) is 0 Å². The van der Waals surface area contributed by atoms with E-state index in [4.69, 9.17) is 4.74 Å². The number of carbonyl (C=O) groups is 1. The van der Waals surface area contributed by atoms with E-state index in [-0.39, 0.29) is 18.6 Å². The van der Waals surface area contributed by atoms with E-state index >= 15 is 0 Å². The predicted octanol–water partition coefficient (Wildman–Crippen LogP) is 2.06. The van der Waals surface area contributed by atoms with Gasteiger partial charge in [0.25, 0.3) is 0 Å². The summed E-state index contributed by atoms with van der Waals surface area (Å²) in [5.41, 5.74) is 0. The summed E-state index contributed by atoms with van der Waals surface area (Å²) in [6, 6.07) is 0.346. The van der Waals surface area contributed by atoms with Crippen molar-refractivity contribution in [3.05, 3.63) is 0 Å². The largest absolute Gasteiger partial charge is 0.369 e. The van der Waals surface area contributed by atoms with Crippen molar-refractivity contribution in [2.24, 2.45) is 0 Å². The van der Waals surface area contributed by atoms with Gasteiger partial charge in [0.2, 0.25) is 5.91 Å². The normalized spacial score (nSPS) is 11.1. The van der Waals surface area contributed by atoms with Crippen molar-refractivity contribution in [1.29, 1.82) is 0 Å². The minimum Gasteiger partial charge on any atom is -0.369 e. The summed E-state index contributed by atoms with van der Waals surface area (Å²) >= 11 is 0. The highest BCUT2D eigenvalue weighted by molar-refractivity contribution is 5.77. The maximum atomic E-state index is 11.6.